The van der Waals surface area contributed by atoms with Gasteiger partial charge in [-0.05, 0) is 48.4 Å². The maximum atomic E-state index is 5.49. The van der Waals surface area contributed by atoms with Crippen molar-refractivity contribution in [2.24, 2.45) is 0 Å². The minimum Gasteiger partial charge on any atom is -0.497 e. The zero-order chi connectivity index (χ0) is 19.0. The van der Waals surface area contributed by atoms with Crippen molar-refractivity contribution in [3.8, 4) is 17.2 Å². The van der Waals surface area contributed by atoms with Gasteiger partial charge in [0.05, 0.1) is 33.6 Å². The van der Waals surface area contributed by atoms with E-state index in [4.69, 9.17) is 14.2 Å². The lowest BCUT2D eigenvalue weighted by molar-refractivity contribution is -0.736. The fourth-order valence-corrected chi connectivity index (χ4v) is 4.31. The first-order valence-electron chi connectivity index (χ1n) is 9.32. The minimum absolute atomic E-state index is 0.0561. The summed E-state index contributed by atoms with van der Waals surface area (Å²) in [5.74, 6) is 2.44. The second-order valence-electron chi connectivity index (χ2n) is 7.42. The molecule has 0 radical (unpaired) electrons. The fraction of sp³-hybridized carbons (Fsp3) is 0.364. The molecule has 2 aromatic carbocycles. The van der Waals surface area contributed by atoms with Crippen molar-refractivity contribution in [1.82, 2.24) is 4.98 Å². The molecule has 142 valence electrons. The Balaban J connectivity index is 1.74. The molecule has 5 heteroatoms. The zero-order valence-electron chi connectivity index (χ0n) is 16.4. The fourth-order valence-electron chi connectivity index (χ4n) is 4.31. The van der Waals surface area contributed by atoms with E-state index in [1.54, 1.807) is 21.3 Å². The van der Waals surface area contributed by atoms with Crippen LogP contribution in [0.15, 0.2) is 36.4 Å². The van der Waals surface area contributed by atoms with Gasteiger partial charge >= 0.3 is 0 Å². The number of methoxy groups -OCH3 is 3. The van der Waals surface area contributed by atoms with E-state index >= 15 is 0 Å². The van der Waals surface area contributed by atoms with E-state index in [0.29, 0.717) is 0 Å². The Labute approximate surface area is 159 Å². The second-order valence-corrected chi connectivity index (χ2v) is 7.42. The Bertz CT molecular complexity index is 979. The van der Waals surface area contributed by atoms with Crippen LogP contribution in [-0.4, -0.2) is 32.9 Å². The number of aromatic nitrogens is 1. The monoisotopic (exact) mass is 367 g/mol. The van der Waals surface area contributed by atoms with Crippen molar-refractivity contribution in [3.63, 3.8) is 0 Å². The third kappa shape index (κ3) is 3.02. The Morgan fingerprint density at radius 3 is 2.56 bits per heavy atom. The molecule has 0 saturated heterocycles. The normalized spacial score (nSPS) is 19.0. The lowest BCUT2D eigenvalue weighted by Crippen LogP contribution is -2.96. The molecule has 2 heterocycles. The lowest BCUT2D eigenvalue weighted by atomic mass is 9.83. The topological polar surface area (TPSA) is 60.1 Å². The van der Waals surface area contributed by atoms with Crippen molar-refractivity contribution in [2.45, 2.75) is 25.3 Å². The van der Waals surface area contributed by atoms with Gasteiger partial charge in [-0.15, -0.1) is 0 Å². The third-order valence-electron chi connectivity index (χ3n) is 5.69. The van der Waals surface area contributed by atoms with Gasteiger partial charge in [0.25, 0.3) is 0 Å². The predicted octanol–water partition coefficient (Wildman–Crippen LogP) is 2.77. The van der Waals surface area contributed by atoms with E-state index in [9.17, 15) is 0 Å². The molecule has 0 bridgehead atoms. The first-order chi connectivity index (χ1) is 13.1. The number of hydrogen-bond acceptors (Lipinski definition) is 3. The molecular formula is C22H27N2O3+. The summed E-state index contributed by atoms with van der Waals surface area (Å²) < 4.78 is 16.3. The van der Waals surface area contributed by atoms with Crippen molar-refractivity contribution < 1.29 is 19.5 Å². The first kappa shape index (κ1) is 17.7. The Morgan fingerprint density at radius 1 is 1.00 bits per heavy atom. The SMILES string of the molecule is COc1ccc2[nH]c3c(c2c1)CC[NH2+][C@@]3(C)Cc1ccc(OC)c(OC)c1. The van der Waals surface area contributed by atoms with E-state index in [0.717, 1.165) is 36.6 Å². The van der Waals surface area contributed by atoms with Crippen LogP contribution >= 0.6 is 0 Å². The Morgan fingerprint density at radius 2 is 1.81 bits per heavy atom. The molecule has 0 unspecified atom stereocenters. The number of nitrogens with one attached hydrogen (secondary N) is 1. The highest BCUT2D eigenvalue weighted by atomic mass is 16.5. The first-order valence-corrected chi connectivity index (χ1v) is 9.32. The summed E-state index contributed by atoms with van der Waals surface area (Å²) in [7, 11) is 5.06. The van der Waals surface area contributed by atoms with Crippen LogP contribution in [0.4, 0.5) is 0 Å². The van der Waals surface area contributed by atoms with Crippen LogP contribution in [0, 0.1) is 0 Å². The number of ether oxygens (including phenoxy) is 3. The molecule has 3 aromatic rings. The van der Waals surface area contributed by atoms with E-state index in [-0.39, 0.29) is 5.54 Å². The highest BCUT2D eigenvalue weighted by Crippen LogP contribution is 2.35. The highest BCUT2D eigenvalue weighted by molar-refractivity contribution is 5.86. The van der Waals surface area contributed by atoms with E-state index in [1.165, 1.54) is 27.7 Å². The van der Waals surface area contributed by atoms with Crippen LogP contribution in [0.2, 0.25) is 0 Å². The number of benzene rings is 2. The van der Waals surface area contributed by atoms with Gasteiger partial charge in [0, 0.05) is 23.7 Å². The standard InChI is InChI=1S/C22H26N2O3/c1-22(13-14-5-8-19(26-3)20(11-14)27-4)21-16(9-10-23-22)17-12-15(25-2)6-7-18(17)24-21/h5-8,11-12,23-24H,9-10,13H2,1-4H3/p+1/t22-/m0/s1. The highest BCUT2D eigenvalue weighted by Gasteiger charge is 2.38. The maximum Gasteiger partial charge on any atom is 0.160 e. The number of H-pyrrole nitrogens is 1. The number of aromatic amines is 1. The molecule has 4 rings (SSSR count). The van der Waals surface area contributed by atoms with Gasteiger partial charge in [0.15, 0.2) is 11.5 Å². The van der Waals surface area contributed by atoms with Gasteiger partial charge in [-0.1, -0.05) is 6.07 Å². The van der Waals surface area contributed by atoms with Crippen molar-refractivity contribution in [2.75, 3.05) is 27.9 Å². The van der Waals surface area contributed by atoms with Crippen LogP contribution in [-0.2, 0) is 18.4 Å². The van der Waals surface area contributed by atoms with Crippen LogP contribution in [0.25, 0.3) is 10.9 Å². The number of rotatable bonds is 5. The molecule has 1 atom stereocenters. The molecule has 0 amide bonds. The second kappa shape index (κ2) is 6.82. The summed E-state index contributed by atoms with van der Waals surface area (Å²) in [6.45, 7) is 3.38. The molecule has 1 aliphatic heterocycles. The molecule has 1 aromatic heterocycles. The van der Waals surface area contributed by atoms with Gasteiger partial charge < -0.3 is 24.5 Å². The van der Waals surface area contributed by atoms with Crippen molar-refractivity contribution in [1.29, 1.82) is 0 Å². The summed E-state index contributed by atoms with van der Waals surface area (Å²) >= 11 is 0. The number of nitrogens with two attached hydrogens (primary N) is 1. The average molecular weight is 367 g/mol. The molecule has 0 aliphatic carbocycles. The van der Waals surface area contributed by atoms with Crippen LogP contribution in [0.3, 0.4) is 0 Å². The molecular weight excluding hydrogens is 340 g/mol. The number of fused-ring (bicyclic) bond motifs is 3. The third-order valence-corrected chi connectivity index (χ3v) is 5.69. The van der Waals surface area contributed by atoms with Gasteiger partial charge in [-0.25, -0.2) is 0 Å². The van der Waals surface area contributed by atoms with Crippen LogP contribution in [0.5, 0.6) is 17.2 Å². The number of quaternary nitrogens is 1. The summed E-state index contributed by atoms with van der Waals surface area (Å²) in [6, 6.07) is 12.5. The smallest absolute Gasteiger partial charge is 0.160 e. The van der Waals surface area contributed by atoms with Gasteiger partial charge in [0.1, 0.15) is 11.3 Å². The summed E-state index contributed by atoms with van der Waals surface area (Å²) in [4.78, 5) is 3.69. The van der Waals surface area contributed by atoms with Crippen molar-refractivity contribution >= 4 is 10.9 Å². The van der Waals surface area contributed by atoms with Gasteiger partial charge in [-0.2, -0.15) is 0 Å². The number of hydrogen-bond donors (Lipinski definition) is 2. The lowest BCUT2D eigenvalue weighted by Gasteiger charge is -2.32. The zero-order valence-corrected chi connectivity index (χ0v) is 16.4. The average Bonchev–Trinajstić information content (AvgIpc) is 3.07. The summed E-state index contributed by atoms with van der Waals surface area (Å²) in [6.07, 6.45) is 1.97. The van der Waals surface area contributed by atoms with E-state index in [1.807, 2.05) is 12.1 Å². The summed E-state index contributed by atoms with van der Waals surface area (Å²) in [5, 5.41) is 3.72. The summed E-state index contributed by atoms with van der Waals surface area (Å²) in [5.41, 5.74) is 5.07. The van der Waals surface area contributed by atoms with Crippen LogP contribution in [0.1, 0.15) is 23.7 Å². The largest absolute Gasteiger partial charge is 0.497 e. The van der Waals surface area contributed by atoms with Gasteiger partial charge in [0.2, 0.25) is 0 Å². The quantitative estimate of drug-likeness (QED) is 0.729. The molecule has 0 spiro atoms. The molecule has 5 nitrogen and oxygen atoms in total. The van der Waals surface area contributed by atoms with E-state index < -0.39 is 0 Å². The molecule has 1 aliphatic rings. The van der Waals surface area contributed by atoms with Crippen molar-refractivity contribution in [3.05, 3.63) is 53.2 Å². The Kier molecular flexibility index (Phi) is 4.48. The molecule has 27 heavy (non-hydrogen) atoms. The molecule has 0 fully saturated rings. The molecule has 0 saturated carbocycles. The van der Waals surface area contributed by atoms with Gasteiger partial charge in [-0.3, -0.25) is 0 Å². The Hall–Kier alpha value is -2.66. The van der Waals surface area contributed by atoms with E-state index in [2.05, 4.69) is 41.5 Å². The minimum atomic E-state index is -0.0561. The molecule has 3 N–H and O–H groups in total. The predicted molar refractivity (Wildman–Crippen MR) is 106 cm³/mol. The van der Waals surface area contributed by atoms with Crippen LogP contribution < -0.4 is 19.5 Å². The maximum absolute atomic E-state index is 5.49.